The average Bonchev–Trinajstić information content (AvgIpc) is 2.75. The molecule has 0 spiro atoms. The number of benzene rings is 1. The molecule has 1 saturated heterocycles. The molecule has 1 aromatic carbocycles. The lowest BCUT2D eigenvalue weighted by Gasteiger charge is -2.17. The Bertz CT molecular complexity index is 380. The van der Waals surface area contributed by atoms with Crippen molar-refractivity contribution >= 4 is 5.91 Å². The molecule has 1 aromatic rings. The molecule has 1 fully saturated rings. The van der Waals surface area contributed by atoms with E-state index in [2.05, 4.69) is 17.3 Å². The lowest BCUT2D eigenvalue weighted by Crippen LogP contribution is -2.41. The minimum Gasteiger partial charge on any atom is -0.350 e. The molecular formula is C13H19N3O. The van der Waals surface area contributed by atoms with Crippen LogP contribution in [0.15, 0.2) is 30.3 Å². The lowest BCUT2D eigenvalue weighted by atomic mass is 10.1. The van der Waals surface area contributed by atoms with Crippen LogP contribution in [-0.4, -0.2) is 37.0 Å². The molecular weight excluding hydrogens is 214 g/mol. The van der Waals surface area contributed by atoms with Gasteiger partial charge in [-0.15, -0.1) is 0 Å². The zero-order valence-electron chi connectivity index (χ0n) is 10.1. The normalized spacial score (nSPS) is 22.4. The monoisotopic (exact) mass is 233 g/mol. The summed E-state index contributed by atoms with van der Waals surface area (Å²) in [6, 6.07) is 9.14. The Morgan fingerprint density at radius 3 is 2.76 bits per heavy atom. The predicted molar refractivity (Wildman–Crippen MR) is 67.4 cm³/mol. The number of rotatable bonds is 3. The molecule has 1 aliphatic rings. The number of carbonyl (C=O) groups is 1. The Hall–Kier alpha value is -1.39. The third kappa shape index (κ3) is 3.05. The van der Waals surface area contributed by atoms with E-state index in [1.54, 1.807) is 0 Å². The fraction of sp³-hybridized carbons (Fsp3) is 0.462. The molecule has 1 amide bonds. The largest absolute Gasteiger partial charge is 0.350 e. The van der Waals surface area contributed by atoms with E-state index >= 15 is 0 Å². The fourth-order valence-electron chi connectivity index (χ4n) is 2.16. The molecule has 17 heavy (non-hydrogen) atoms. The van der Waals surface area contributed by atoms with Gasteiger partial charge in [0.05, 0.1) is 0 Å². The van der Waals surface area contributed by atoms with E-state index in [0.29, 0.717) is 0 Å². The van der Waals surface area contributed by atoms with Crippen LogP contribution < -0.4 is 11.1 Å². The Morgan fingerprint density at radius 2 is 2.18 bits per heavy atom. The van der Waals surface area contributed by atoms with Crippen molar-refractivity contribution in [2.75, 3.05) is 20.1 Å². The number of likely N-dealkylation sites (tertiary alicyclic amines) is 1. The van der Waals surface area contributed by atoms with Crippen LogP contribution in [0.4, 0.5) is 0 Å². The van der Waals surface area contributed by atoms with Crippen molar-refractivity contribution in [3.8, 4) is 0 Å². The van der Waals surface area contributed by atoms with Gasteiger partial charge in [-0.1, -0.05) is 30.3 Å². The maximum absolute atomic E-state index is 12.0. The van der Waals surface area contributed by atoms with E-state index in [1.807, 2.05) is 30.3 Å². The Balaban J connectivity index is 1.92. The molecule has 1 unspecified atom stereocenters. The van der Waals surface area contributed by atoms with Gasteiger partial charge in [0.2, 0.25) is 5.91 Å². The van der Waals surface area contributed by atoms with Gasteiger partial charge in [0.25, 0.3) is 0 Å². The first kappa shape index (κ1) is 12.1. The molecule has 1 heterocycles. The highest BCUT2D eigenvalue weighted by atomic mass is 16.2. The van der Waals surface area contributed by atoms with Gasteiger partial charge in [-0.3, -0.25) is 4.79 Å². The van der Waals surface area contributed by atoms with E-state index < -0.39 is 6.04 Å². The summed E-state index contributed by atoms with van der Waals surface area (Å²) in [5, 5.41) is 3.00. The van der Waals surface area contributed by atoms with E-state index in [4.69, 9.17) is 5.73 Å². The van der Waals surface area contributed by atoms with Crippen LogP contribution in [0.1, 0.15) is 18.0 Å². The van der Waals surface area contributed by atoms with Crippen LogP contribution in [0.25, 0.3) is 0 Å². The number of nitrogens with two attached hydrogens (primary N) is 1. The van der Waals surface area contributed by atoms with Crippen molar-refractivity contribution < 1.29 is 4.79 Å². The van der Waals surface area contributed by atoms with Crippen LogP contribution in [0.3, 0.4) is 0 Å². The first-order chi connectivity index (χ1) is 8.16. The first-order valence-corrected chi connectivity index (χ1v) is 5.96. The van der Waals surface area contributed by atoms with Crippen molar-refractivity contribution in [2.24, 2.45) is 5.73 Å². The van der Waals surface area contributed by atoms with Crippen molar-refractivity contribution in [2.45, 2.75) is 18.5 Å². The predicted octanol–water partition coefficient (Wildman–Crippen LogP) is 0.507. The van der Waals surface area contributed by atoms with Crippen LogP contribution in [0.2, 0.25) is 0 Å². The molecule has 92 valence electrons. The number of hydrogen-bond acceptors (Lipinski definition) is 3. The van der Waals surface area contributed by atoms with Crippen LogP contribution in [0, 0.1) is 0 Å². The minimum atomic E-state index is -0.567. The summed E-state index contributed by atoms with van der Waals surface area (Å²) in [6.45, 7) is 1.94. The van der Waals surface area contributed by atoms with Crippen molar-refractivity contribution in [1.29, 1.82) is 0 Å². The number of amides is 1. The summed E-state index contributed by atoms with van der Waals surface area (Å²) in [7, 11) is 2.06. The van der Waals surface area contributed by atoms with E-state index in [-0.39, 0.29) is 11.9 Å². The average molecular weight is 233 g/mol. The summed E-state index contributed by atoms with van der Waals surface area (Å²) in [5.41, 5.74) is 6.78. The summed E-state index contributed by atoms with van der Waals surface area (Å²) in [4.78, 5) is 14.2. The summed E-state index contributed by atoms with van der Waals surface area (Å²) in [5.74, 6) is -0.0866. The molecule has 0 radical (unpaired) electrons. The van der Waals surface area contributed by atoms with Gasteiger partial charge in [0.1, 0.15) is 6.04 Å². The highest BCUT2D eigenvalue weighted by molar-refractivity contribution is 5.83. The molecule has 2 rings (SSSR count). The Kier molecular flexibility index (Phi) is 3.76. The number of likely N-dealkylation sites (N-methyl/N-ethyl adjacent to an activating group) is 1. The third-order valence-electron chi connectivity index (χ3n) is 3.18. The van der Waals surface area contributed by atoms with Crippen molar-refractivity contribution in [3.63, 3.8) is 0 Å². The number of hydrogen-bond donors (Lipinski definition) is 2. The number of nitrogens with zero attached hydrogens (tertiary/aromatic N) is 1. The minimum absolute atomic E-state index is 0.0866. The zero-order valence-corrected chi connectivity index (χ0v) is 10.1. The second-order valence-electron chi connectivity index (χ2n) is 4.64. The maximum atomic E-state index is 12.0. The topological polar surface area (TPSA) is 58.4 Å². The van der Waals surface area contributed by atoms with Gasteiger partial charge in [0, 0.05) is 12.6 Å². The molecule has 0 aromatic heterocycles. The fourth-order valence-corrected chi connectivity index (χ4v) is 2.16. The molecule has 0 saturated carbocycles. The van der Waals surface area contributed by atoms with Gasteiger partial charge >= 0.3 is 0 Å². The van der Waals surface area contributed by atoms with Crippen LogP contribution in [0.5, 0.6) is 0 Å². The van der Waals surface area contributed by atoms with Gasteiger partial charge in [-0.2, -0.15) is 0 Å². The molecule has 4 heteroatoms. The van der Waals surface area contributed by atoms with Gasteiger partial charge in [-0.25, -0.2) is 0 Å². The second kappa shape index (κ2) is 5.29. The van der Waals surface area contributed by atoms with Crippen LogP contribution >= 0.6 is 0 Å². The van der Waals surface area contributed by atoms with Crippen molar-refractivity contribution in [1.82, 2.24) is 10.2 Å². The summed E-state index contributed by atoms with van der Waals surface area (Å²) in [6.07, 6.45) is 1.00. The van der Waals surface area contributed by atoms with Gasteiger partial charge in [0.15, 0.2) is 0 Å². The Labute approximate surface area is 102 Å². The highest BCUT2D eigenvalue weighted by Crippen LogP contribution is 2.12. The Morgan fingerprint density at radius 1 is 1.47 bits per heavy atom. The SMILES string of the molecule is CN1CCC(NC(=O)[C@H](N)c2ccccc2)C1. The number of nitrogens with one attached hydrogen (secondary N) is 1. The maximum Gasteiger partial charge on any atom is 0.241 e. The molecule has 3 N–H and O–H groups in total. The number of carbonyl (C=O) groups excluding carboxylic acids is 1. The van der Waals surface area contributed by atoms with Gasteiger partial charge in [-0.05, 0) is 25.6 Å². The van der Waals surface area contributed by atoms with E-state index in [1.165, 1.54) is 0 Å². The standard InChI is InChI=1S/C13H19N3O/c1-16-8-7-11(9-16)15-13(17)12(14)10-5-3-2-4-6-10/h2-6,11-12H,7-9,14H2,1H3,(H,15,17)/t11?,12-/m1/s1. The molecule has 1 aliphatic heterocycles. The summed E-state index contributed by atoms with van der Waals surface area (Å²) >= 11 is 0. The third-order valence-corrected chi connectivity index (χ3v) is 3.18. The molecule has 2 atom stereocenters. The molecule has 4 nitrogen and oxygen atoms in total. The second-order valence-corrected chi connectivity index (χ2v) is 4.64. The van der Waals surface area contributed by atoms with Gasteiger partial charge < -0.3 is 16.0 Å². The quantitative estimate of drug-likeness (QED) is 0.799. The van der Waals surface area contributed by atoms with Crippen molar-refractivity contribution in [3.05, 3.63) is 35.9 Å². The lowest BCUT2D eigenvalue weighted by molar-refractivity contribution is -0.123. The first-order valence-electron chi connectivity index (χ1n) is 5.96. The van der Waals surface area contributed by atoms with Crippen LogP contribution in [-0.2, 0) is 4.79 Å². The zero-order chi connectivity index (χ0) is 12.3. The van der Waals surface area contributed by atoms with E-state index in [9.17, 15) is 4.79 Å². The molecule has 0 bridgehead atoms. The summed E-state index contributed by atoms with van der Waals surface area (Å²) < 4.78 is 0. The van der Waals surface area contributed by atoms with E-state index in [0.717, 1.165) is 25.1 Å². The highest BCUT2D eigenvalue weighted by Gasteiger charge is 2.24. The smallest absolute Gasteiger partial charge is 0.241 e. The molecule has 0 aliphatic carbocycles.